The molecular formula is C27H34F3N3O6. The van der Waals surface area contributed by atoms with Gasteiger partial charge < -0.3 is 30.4 Å². The number of piperidine rings is 1. The number of nitrogens with two attached hydrogens (primary N) is 1. The fourth-order valence-corrected chi connectivity index (χ4v) is 4.56. The van der Waals surface area contributed by atoms with Crippen LogP contribution >= 0.6 is 0 Å². The molecule has 1 saturated heterocycles. The van der Waals surface area contributed by atoms with E-state index in [1.807, 2.05) is 24.3 Å². The molecule has 2 aromatic rings. The lowest BCUT2D eigenvalue weighted by Crippen LogP contribution is -2.53. The number of anilines is 1. The van der Waals surface area contributed by atoms with E-state index in [1.165, 1.54) is 5.56 Å². The lowest BCUT2D eigenvalue weighted by molar-refractivity contribution is -0.192. The molecule has 9 nitrogen and oxygen atoms in total. The molecule has 2 heterocycles. The number of nitrogens with zero attached hydrogens (tertiary/aromatic N) is 1. The number of carboxylic acid groups (broad SMARTS) is 1. The zero-order valence-corrected chi connectivity index (χ0v) is 21.9. The monoisotopic (exact) mass is 553 g/mol. The average Bonchev–Trinajstić information content (AvgIpc) is 3.26. The first-order chi connectivity index (χ1) is 18.5. The summed E-state index contributed by atoms with van der Waals surface area (Å²) in [6, 6.07) is 14.0. The Morgan fingerprint density at radius 1 is 1.21 bits per heavy atom. The molecule has 4 rings (SSSR count). The number of hydrogen-bond donors (Lipinski definition) is 3. The van der Waals surface area contributed by atoms with Gasteiger partial charge in [-0.25, -0.2) is 4.79 Å². The zero-order chi connectivity index (χ0) is 28.6. The molecule has 214 valence electrons. The summed E-state index contributed by atoms with van der Waals surface area (Å²) in [7, 11) is 1.62. The van der Waals surface area contributed by atoms with E-state index in [4.69, 9.17) is 29.8 Å². The molecule has 2 aromatic carbocycles. The third kappa shape index (κ3) is 8.24. The predicted octanol–water partition coefficient (Wildman–Crippen LogP) is 3.51. The molecule has 4 N–H and O–H groups in total. The van der Waals surface area contributed by atoms with Crippen LogP contribution < -0.4 is 25.3 Å². The van der Waals surface area contributed by atoms with Gasteiger partial charge in [-0.15, -0.1) is 0 Å². The SMILES string of the molecule is COc1ccc(NCC(C)=O)c(OCC(CN)N2CCC3(CC2)Cc2ccccc2O3)c1.O=C(O)C(F)(F)F. The lowest BCUT2D eigenvalue weighted by Gasteiger charge is -2.41. The van der Waals surface area contributed by atoms with Crippen LogP contribution in [0.3, 0.4) is 0 Å². The number of rotatable bonds is 9. The highest BCUT2D eigenvalue weighted by Crippen LogP contribution is 2.41. The van der Waals surface area contributed by atoms with Crippen molar-refractivity contribution in [3.05, 3.63) is 48.0 Å². The van der Waals surface area contributed by atoms with Crippen molar-refractivity contribution in [1.82, 2.24) is 4.90 Å². The number of nitrogens with one attached hydrogen (secondary N) is 1. The maximum atomic E-state index is 11.4. The molecule has 0 bridgehead atoms. The number of benzene rings is 2. The van der Waals surface area contributed by atoms with Crippen molar-refractivity contribution in [1.29, 1.82) is 0 Å². The van der Waals surface area contributed by atoms with Gasteiger partial charge in [-0.1, -0.05) is 18.2 Å². The van der Waals surface area contributed by atoms with Crippen LogP contribution in [0.15, 0.2) is 42.5 Å². The van der Waals surface area contributed by atoms with Gasteiger partial charge in [0.15, 0.2) is 0 Å². The number of ketones is 1. The second-order valence-corrected chi connectivity index (χ2v) is 9.53. The standard InChI is InChI=1S/C25H33N3O4.C2HF3O2/c1-18(29)16-27-22-8-7-21(30-2)13-24(22)31-17-20(15-26)28-11-9-25(10-12-28)14-19-5-3-4-6-23(19)32-25;3-2(4,5)1(6)7/h3-8,13,20,27H,9-12,14-17,26H2,1-2H3;(H,6,7). The number of Topliss-reactive ketones (excluding diaryl/α,β-unsaturated/α-hetero) is 1. The minimum Gasteiger partial charge on any atom is -0.497 e. The van der Waals surface area contributed by atoms with E-state index in [1.54, 1.807) is 14.0 Å². The summed E-state index contributed by atoms with van der Waals surface area (Å²) in [4.78, 5) is 22.7. The van der Waals surface area contributed by atoms with Gasteiger partial charge in [0.2, 0.25) is 0 Å². The van der Waals surface area contributed by atoms with Gasteiger partial charge >= 0.3 is 12.1 Å². The summed E-state index contributed by atoms with van der Waals surface area (Å²) in [5, 5.41) is 10.3. The number of carbonyl (C=O) groups excluding carboxylic acids is 1. The summed E-state index contributed by atoms with van der Waals surface area (Å²) in [6.45, 7) is 4.62. The summed E-state index contributed by atoms with van der Waals surface area (Å²) in [5.74, 6) is -0.302. The van der Waals surface area contributed by atoms with Crippen LogP contribution in [0.4, 0.5) is 18.9 Å². The van der Waals surface area contributed by atoms with Crippen LogP contribution in [0, 0.1) is 0 Å². The van der Waals surface area contributed by atoms with Crippen molar-refractivity contribution in [2.45, 2.75) is 44.0 Å². The van der Waals surface area contributed by atoms with E-state index in [0.29, 0.717) is 24.7 Å². The zero-order valence-electron chi connectivity index (χ0n) is 21.9. The van der Waals surface area contributed by atoms with Gasteiger partial charge in [0, 0.05) is 45.0 Å². The van der Waals surface area contributed by atoms with Crippen LogP contribution in [0.1, 0.15) is 25.3 Å². The first-order valence-electron chi connectivity index (χ1n) is 12.5. The fraction of sp³-hybridized carbons (Fsp3) is 0.481. The molecule has 39 heavy (non-hydrogen) atoms. The van der Waals surface area contributed by atoms with E-state index in [9.17, 15) is 18.0 Å². The molecule has 0 amide bonds. The maximum absolute atomic E-state index is 11.4. The number of methoxy groups -OCH3 is 1. The van der Waals surface area contributed by atoms with E-state index in [2.05, 4.69) is 28.4 Å². The Balaban J connectivity index is 0.000000532. The maximum Gasteiger partial charge on any atom is 0.490 e. The first-order valence-corrected chi connectivity index (χ1v) is 12.5. The van der Waals surface area contributed by atoms with Gasteiger partial charge in [0.1, 0.15) is 35.2 Å². The number of halogens is 3. The Kier molecular flexibility index (Phi) is 10.0. The average molecular weight is 554 g/mol. The predicted molar refractivity (Wildman–Crippen MR) is 139 cm³/mol. The highest BCUT2D eigenvalue weighted by atomic mass is 19.4. The molecule has 0 aliphatic carbocycles. The molecule has 12 heteroatoms. The minimum absolute atomic E-state index is 0.0603. The van der Waals surface area contributed by atoms with E-state index in [-0.39, 0.29) is 24.0 Å². The molecule has 1 spiro atoms. The van der Waals surface area contributed by atoms with E-state index in [0.717, 1.165) is 43.8 Å². The molecule has 1 atom stereocenters. The number of carbonyl (C=O) groups is 2. The smallest absolute Gasteiger partial charge is 0.490 e. The van der Waals surface area contributed by atoms with Gasteiger partial charge in [-0.3, -0.25) is 9.69 Å². The highest BCUT2D eigenvalue weighted by molar-refractivity contribution is 5.81. The molecule has 2 aliphatic heterocycles. The Morgan fingerprint density at radius 2 is 1.87 bits per heavy atom. The number of hydrogen-bond acceptors (Lipinski definition) is 8. The second kappa shape index (κ2) is 13.0. The molecule has 0 radical (unpaired) electrons. The summed E-state index contributed by atoms with van der Waals surface area (Å²) in [6.07, 6.45) is -2.15. The van der Waals surface area contributed by atoms with Crippen LogP contribution in [0.25, 0.3) is 0 Å². The number of fused-ring (bicyclic) bond motifs is 1. The van der Waals surface area contributed by atoms with Gasteiger partial charge in [0.25, 0.3) is 0 Å². The number of aliphatic carboxylic acids is 1. The number of para-hydroxylation sites is 1. The largest absolute Gasteiger partial charge is 0.497 e. The van der Waals surface area contributed by atoms with Crippen molar-refractivity contribution < 1.29 is 42.1 Å². The highest BCUT2D eigenvalue weighted by Gasteiger charge is 2.42. The molecule has 0 aromatic heterocycles. The Morgan fingerprint density at radius 3 is 2.44 bits per heavy atom. The third-order valence-corrected chi connectivity index (χ3v) is 6.70. The van der Waals surface area contributed by atoms with Crippen molar-refractivity contribution in [3.63, 3.8) is 0 Å². The summed E-state index contributed by atoms with van der Waals surface area (Å²) in [5.41, 5.74) is 8.13. The van der Waals surface area contributed by atoms with Crippen LogP contribution in [0.2, 0.25) is 0 Å². The molecule has 1 unspecified atom stereocenters. The Labute approximate surface area is 225 Å². The Bertz CT molecular complexity index is 1110. The number of likely N-dealkylation sites (tertiary alicyclic amines) is 1. The van der Waals surface area contributed by atoms with Crippen molar-refractivity contribution >= 4 is 17.4 Å². The first kappa shape index (κ1) is 30.0. The molecule has 1 fully saturated rings. The minimum atomic E-state index is -5.08. The van der Waals surface area contributed by atoms with Crippen molar-refractivity contribution in [3.8, 4) is 17.2 Å². The van der Waals surface area contributed by atoms with Gasteiger partial charge in [-0.05, 0) is 30.7 Å². The molecule has 2 aliphatic rings. The fourth-order valence-electron chi connectivity index (χ4n) is 4.56. The third-order valence-electron chi connectivity index (χ3n) is 6.70. The molecule has 0 saturated carbocycles. The lowest BCUT2D eigenvalue weighted by atomic mass is 9.86. The quantitative estimate of drug-likeness (QED) is 0.428. The van der Waals surface area contributed by atoms with E-state index >= 15 is 0 Å². The second-order valence-electron chi connectivity index (χ2n) is 9.53. The summed E-state index contributed by atoms with van der Waals surface area (Å²) < 4.78 is 49.6. The van der Waals surface area contributed by atoms with Crippen LogP contribution in [-0.2, 0) is 16.0 Å². The number of carboxylic acids is 1. The topological polar surface area (TPSA) is 123 Å². The van der Waals surface area contributed by atoms with Gasteiger partial charge in [0.05, 0.1) is 25.4 Å². The van der Waals surface area contributed by atoms with Crippen molar-refractivity contribution in [2.24, 2.45) is 5.73 Å². The van der Waals surface area contributed by atoms with Crippen LogP contribution in [0.5, 0.6) is 17.2 Å². The molecular weight excluding hydrogens is 519 g/mol. The van der Waals surface area contributed by atoms with Gasteiger partial charge in [-0.2, -0.15) is 13.2 Å². The summed E-state index contributed by atoms with van der Waals surface area (Å²) >= 11 is 0. The van der Waals surface area contributed by atoms with Crippen molar-refractivity contribution in [2.75, 3.05) is 45.2 Å². The van der Waals surface area contributed by atoms with E-state index < -0.39 is 12.1 Å². The van der Waals surface area contributed by atoms with Crippen LogP contribution in [-0.4, -0.2) is 79.5 Å². The Hall–Kier alpha value is -3.51. The normalized spacial score (nSPS) is 16.8. The number of ether oxygens (including phenoxy) is 3. The number of alkyl halides is 3.